The van der Waals surface area contributed by atoms with Crippen LogP contribution in [0.1, 0.15) is 20.8 Å². The second kappa shape index (κ2) is 6.72. The van der Waals surface area contributed by atoms with Gasteiger partial charge in [-0.15, -0.1) is 24.0 Å². The van der Waals surface area contributed by atoms with Crippen molar-refractivity contribution < 1.29 is 0 Å². The predicted octanol–water partition coefficient (Wildman–Crippen LogP) is 1.20. The number of rotatable bonds is 3. The lowest BCUT2D eigenvalue weighted by molar-refractivity contribution is 0.507. The number of aliphatic imine (C=N–C) groups is 1. The molecule has 0 aliphatic heterocycles. The van der Waals surface area contributed by atoms with Gasteiger partial charge in [-0.1, -0.05) is 0 Å². The van der Waals surface area contributed by atoms with Gasteiger partial charge in [0.25, 0.3) is 0 Å². The predicted molar refractivity (Wildman–Crippen MR) is 77.0 cm³/mol. The smallest absolute Gasteiger partial charge is 0.189 e. The number of nitrogens with zero attached hydrogens (tertiary/aromatic N) is 3. The van der Waals surface area contributed by atoms with Crippen LogP contribution in [0.4, 0.5) is 0 Å². The second-order valence-electron chi connectivity index (χ2n) is 4.41. The third kappa shape index (κ3) is 6.65. The first-order valence-electron chi connectivity index (χ1n) is 5.03. The topological polar surface area (TPSA) is 68.2 Å². The maximum Gasteiger partial charge on any atom is 0.189 e. The quantitative estimate of drug-likeness (QED) is 0.495. The zero-order valence-corrected chi connectivity index (χ0v) is 12.3. The molecule has 0 spiro atoms. The molecule has 16 heavy (non-hydrogen) atoms. The Morgan fingerprint density at radius 3 is 2.69 bits per heavy atom. The lowest BCUT2D eigenvalue weighted by atomic mass is 10.1. The van der Waals surface area contributed by atoms with Gasteiger partial charge in [0, 0.05) is 17.9 Å². The maximum absolute atomic E-state index is 5.71. The van der Waals surface area contributed by atoms with Gasteiger partial charge in [-0.05, 0) is 26.8 Å². The normalized spacial score (nSPS) is 12.1. The molecule has 0 radical (unpaired) electrons. The molecule has 1 aromatic heterocycles. The number of aromatic nitrogens is 2. The molecule has 0 saturated carbocycles. The Balaban J connectivity index is 0.00000225. The van der Waals surface area contributed by atoms with Gasteiger partial charge in [0.1, 0.15) is 0 Å². The molecule has 1 heterocycles. The number of hydrogen-bond donors (Lipinski definition) is 2. The molecule has 0 atom stereocenters. The Kier molecular flexibility index (Phi) is 6.39. The summed E-state index contributed by atoms with van der Waals surface area (Å²) in [5, 5.41) is 7.17. The molecule has 0 aliphatic carbocycles. The molecule has 0 aliphatic rings. The van der Waals surface area contributed by atoms with E-state index in [1.165, 1.54) is 0 Å². The van der Waals surface area contributed by atoms with Crippen LogP contribution >= 0.6 is 24.0 Å². The van der Waals surface area contributed by atoms with Crippen molar-refractivity contribution in [2.24, 2.45) is 10.7 Å². The summed E-state index contributed by atoms with van der Waals surface area (Å²) in [6.07, 6.45) is 3.66. The summed E-state index contributed by atoms with van der Waals surface area (Å²) in [5.41, 5.74) is 5.67. The highest BCUT2D eigenvalue weighted by Gasteiger charge is 2.09. The van der Waals surface area contributed by atoms with E-state index in [1.54, 1.807) is 6.20 Å². The van der Waals surface area contributed by atoms with Gasteiger partial charge < -0.3 is 11.1 Å². The lowest BCUT2D eigenvalue weighted by Gasteiger charge is -2.20. The standard InChI is InChI=1S/C10H19N5.HI/c1-10(2,3)14-9(11)12-6-8-15-7-4-5-13-15;/h4-5,7H,6,8H2,1-3H3,(H3,11,12,14);1H. The summed E-state index contributed by atoms with van der Waals surface area (Å²) in [7, 11) is 0. The minimum atomic E-state index is -0.0424. The Labute approximate surface area is 114 Å². The highest BCUT2D eigenvalue weighted by atomic mass is 127. The fraction of sp³-hybridized carbons (Fsp3) is 0.600. The van der Waals surface area contributed by atoms with E-state index in [-0.39, 0.29) is 29.5 Å². The van der Waals surface area contributed by atoms with Crippen molar-refractivity contribution in [1.29, 1.82) is 0 Å². The van der Waals surface area contributed by atoms with E-state index >= 15 is 0 Å². The van der Waals surface area contributed by atoms with Crippen molar-refractivity contribution in [2.75, 3.05) is 6.54 Å². The monoisotopic (exact) mass is 337 g/mol. The molecule has 0 saturated heterocycles. The first kappa shape index (κ1) is 15.2. The summed E-state index contributed by atoms with van der Waals surface area (Å²) >= 11 is 0. The summed E-state index contributed by atoms with van der Waals surface area (Å²) in [6.45, 7) is 7.52. The number of guanidine groups is 1. The molecule has 1 aromatic rings. The Morgan fingerprint density at radius 1 is 1.50 bits per heavy atom. The summed E-state index contributed by atoms with van der Waals surface area (Å²) in [5.74, 6) is 0.481. The van der Waals surface area contributed by atoms with Gasteiger partial charge >= 0.3 is 0 Å². The average molecular weight is 337 g/mol. The minimum absolute atomic E-state index is 0. The van der Waals surface area contributed by atoms with E-state index in [0.29, 0.717) is 12.5 Å². The lowest BCUT2D eigenvalue weighted by Crippen LogP contribution is -2.45. The first-order chi connectivity index (χ1) is 6.97. The Bertz CT molecular complexity index is 312. The van der Waals surface area contributed by atoms with Crippen LogP contribution in [-0.2, 0) is 6.54 Å². The SMILES string of the molecule is CC(C)(C)NC(N)=NCCn1cccn1.I. The van der Waals surface area contributed by atoms with Crippen LogP contribution in [0, 0.1) is 0 Å². The molecule has 0 unspecified atom stereocenters. The third-order valence-electron chi connectivity index (χ3n) is 1.67. The van der Waals surface area contributed by atoms with E-state index in [2.05, 4.69) is 15.4 Å². The molecule has 1 rings (SSSR count). The summed E-state index contributed by atoms with van der Waals surface area (Å²) in [6, 6.07) is 1.89. The van der Waals surface area contributed by atoms with Crippen molar-refractivity contribution in [3.05, 3.63) is 18.5 Å². The molecule has 0 bridgehead atoms. The minimum Gasteiger partial charge on any atom is -0.370 e. The molecular weight excluding hydrogens is 317 g/mol. The van der Waals surface area contributed by atoms with E-state index in [9.17, 15) is 0 Å². The highest BCUT2D eigenvalue weighted by molar-refractivity contribution is 14.0. The zero-order chi connectivity index (χ0) is 11.3. The molecule has 5 nitrogen and oxygen atoms in total. The maximum atomic E-state index is 5.71. The van der Waals surface area contributed by atoms with E-state index in [1.807, 2.05) is 37.7 Å². The molecule has 92 valence electrons. The van der Waals surface area contributed by atoms with Crippen molar-refractivity contribution in [1.82, 2.24) is 15.1 Å². The Hall–Kier alpha value is -0.790. The van der Waals surface area contributed by atoms with E-state index in [4.69, 9.17) is 5.73 Å². The fourth-order valence-corrected chi connectivity index (χ4v) is 1.13. The van der Waals surface area contributed by atoms with Crippen LogP contribution in [0.25, 0.3) is 0 Å². The van der Waals surface area contributed by atoms with E-state index < -0.39 is 0 Å². The van der Waals surface area contributed by atoms with Crippen molar-refractivity contribution in [2.45, 2.75) is 32.9 Å². The molecule has 0 aromatic carbocycles. The van der Waals surface area contributed by atoms with Gasteiger partial charge in [-0.2, -0.15) is 5.10 Å². The van der Waals surface area contributed by atoms with Crippen molar-refractivity contribution >= 4 is 29.9 Å². The molecule has 6 heteroatoms. The van der Waals surface area contributed by atoms with Crippen LogP contribution in [0.2, 0.25) is 0 Å². The van der Waals surface area contributed by atoms with Crippen LogP contribution in [0.15, 0.2) is 23.5 Å². The van der Waals surface area contributed by atoms with Crippen molar-refractivity contribution in [3.63, 3.8) is 0 Å². The molecular formula is C10H20IN5. The third-order valence-corrected chi connectivity index (χ3v) is 1.67. The van der Waals surface area contributed by atoms with Crippen LogP contribution in [0.5, 0.6) is 0 Å². The van der Waals surface area contributed by atoms with Crippen LogP contribution in [-0.4, -0.2) is 27.8 Å². The van der Waals surface area contributed by atoms with Gasteiger partial charge in [-0.25, -0.2) is 0 Å². The number of hydrogen-bond acceptors (Lipinski definition) is 2. The number of nitrogens with one attached hydrogen (secondary N) is 1. The molecule has 0 amide bonds. The number of nitrogens with two attached hydrogens (primary N) is 1. The van der Waals surface area contributed by atoms with E-state index in [0.717, 1.165) is 6.54 Å². The van der Waals surface area contributed by atoms with Gasteiger partial charge in [0.15, 0.2) is 5.96 Å². The van der Waals surface area contributed by atoms with Crippen molar-refractivity contribution in [3.8, 4) is 0 Å². The molecule has 0 fully saturated rings. The zero-order valence-electron chi connectivity index (χ0n) is 9.97. The van der Waals surface area contributed by atoms with Crippen LogP contribution in [0.3, 0.4) is 0 Å². The molecule has 3 N–H and O–H groups in total. The first-order valence-corrected chi connectivity index (χ1v) is 5.03. The second-order valence-corrected chi connectivity index (χ2v) is 4.41. The van der Waals surface area contributed by atoms with Gasteiger partial charge in [-0.3, -0.25) is 9.67 Å². The fourth-order valence-electron chi connectivity index (χ4n) is 1.13. The van der Waals surface area contributed by atoms with Crippen LogP contribution < -0.4 is 11.1 Å². The average Bonchev–Trinajstić information content (AvgIpc) is 2.53. The Morgan fingerprint density at radius 2 is 2.19 bits per heavy atom. The largest absolute Gasteiger partial charge is 0.370 e. The van der Waals surface area contributed by atoms with Gasteiger partial charge in [0.05, 0.1) is 13.1 Å². The number of halogens is 1. The highest BCUT2D eigenvalue weighted by Crippen LogP contribution is 1.96. The summed E-state index contributed by atoms with van der Waals surface area (Å²) in [4.78, 5) is 4.21. The van der Waals surface area contributed by atoms with Gasteiger partial charge in [0.2, 0.25) is 0 Å². The summed E-state index contributed by atoms with van der Waals surface area (Å²) < 4.78 is 1.83.